The van der Waals surface area contributed by atoms with Crippen molar-refractivity contribution >= 4 is 5.91 Å². The minimum Gasteiger partial charge on any atom is -0.507 e. The number of hydrogen-bond acceptors (Lipinski definition) is 4. The van der Waals surface area contributed by atoms with Crippen LogP contribution in [0, 0.1) is 0 Å². The zero-order valence-electron chi connectivity index (χ0n) is 9.97. The van der Waals surface area contributed by atoms with Gasteiger partial charge in [-0.25, -0.2) is 0 Å². The Balaban J connectivity index is 2.76. The number of nitrogens with two attached hydrogens (primary N) is 1. The van der Waals surface area contributed by atoms with Crippen LogP contribution in [0.1, 0.15) is 31.9 Å². The first-order chi connectivity index (χ1) is 7.91. The summed E-state index contributed by atoms with van der Waals surface area (Å²) in [5.41, 5.74) is 5.51. The maximum absolute atomic E-state index is 10.7. The number of nitrogens with one attached hydrogen (secondary N) is 1. The number of carbonyl (C=O) groups is 1. The Kier molecular flexibility index (Phi) is 4.34. The van der Waals surface area contributed by atoms with Crippen LogP contribution in [0.25, 0.3) is 0 Å². The first-order valence-electron chi connectivity index (χ1n) is 5.47. The van der Waals surface area contributed by atoms with Gasteiger partial charge in [0, 0.05) is 18.5 Å². The summed E-state index contributed by atoms with van der Waals surface area (Å²) in [7, 11) is 0. The molecule has 0 aromatic heterocycles. The Morgan fingerprint density at radius 2 is 1.88 bits per heavy atom. The summed E-state index contributed by atoms with van der Waals surface area (Å²) >= 11 is 0. The summed E-state index contributed by atoms with van der Waals surface area (Å²) in [5, 5.41) is 22.4. The van der Waals surface area contributed by atoms with Crippen molar-refractivity contribution < 1.29 is 15.0 Å². The van der Waals surface area contributed by atoms with Crippen LogP contribution in [0.2, 0.25) is 0 Å². The van der Waals surface area contributed by atoms with Crippen LogP contribution in [0.3, 0.4) is 0 Å². The molecule has 0 aliphatic heterocycles. The number of benzene rings is 1. The van der Waals surface area contributed by atoms with E-state index in [1.807, 2.05) is 6.92 Å². The van der Waals surface area contributed by atoms with E-state index in [9.17, 15) is 15.0 Å². The highest BCUT2D eigenvalue weighted by molar-refractivity contribution is 5.74. The van der Waals surface area contributed by atoms with Crippen molar-refractivity contribution in [2.24, 2.45) is 5.73 Å². The lowest BCUT2D eigenvalue weighted by Gasteiger charge is -2.20. The summed E-state index contributed by atoms with van der Waals surface area (Å²) in [4.78, 5) is 10.7. The molecule has 94 valence electrons. The molecule has 17 heavy (non-hydrogen) atoms. The highest BCUT2D eigenvalue weighted by atomic mass is 16.3. The van der Waals surface area contributed by atoms with Gasteiger partial charge in [0.1, 0.15) is 11.5 Å². The predicted molar refractivity (Wildman–Crippen MR) is 64.6 cm³/mol. The average Bonchev–Trinajstić information content (AvgIpc) is 2.15. The Morgan fingerprint density at radius 1 is 1.35 bits per heavy atom. The molecule has 0 heterocycles. The fraction of sp³-hybridized carbons (Fsp3) is 0.417. The molecule has 2 atom stereocenters. The molecule has 0 spiro atoms. The van der Waals surface area contributed by atoms with Crippen LogP contribution in [-0.2, 0) is 4.79 Å². The highest BCUT2D eigenvalue weighted by Crippen LogP contribution is 2.32. The Labute approximate surface area is 100 Å². The Morgan fingerprint density at radius 3 is 2.35 bits per heavy atom. The summed E-state index contributed by atoms with van der Waals surface area (Å²) in [5.74, 6) is -0.341. The van der Waals surface area contributed by atoms with Gasteiger partial charge in [-0.3, -0.25) is 4.79 Å². The molecule has 0 fully saturated rings. The highest BCUT2D eigenvalue weighted by Gasteiger charge is 2.17. The van der Waals surface area contributed by atoms with Crippen LogP contribution in [0.5, 0.6) is 11.5 Å². The quantitative estimate of drug-likeness (QED) is 0.615. The number of carbonyl (C=O) groups excluding carboxylic acids is 1. The van der Waals surface area contributed by atoms with E-state index in [1.54, 1.807) is 13.0 Å². The van der Waals surface area contributed by atoms with E-state index in [0.29, 0.717) is 5.56 Å². The summed E-state index contributed by atoms with van der Waals surface area (Å²) < 4.78 is 0. The number of rotatable bonds is 5. The summed E-state index contributed by atoms with van der Waals surface area (Å²) in [6.45, 7) is 3.62. The zero-order chi connectivity index (χ0) is 13.0. The smallest absolute Gasteiger partial charge is 0.218 e. The van der Waals surface area contributed by atoms with E-state index in [1.165, 1.54) is 12.1 Å². The average molecular weight is 238 g/mol. The van der Waals surface area contributed by atoms with E-state index in [-0.39, 0.29) is 30.0 Å². The lowest BCUT2D eigenvalue weighted by molar-refractivity contribution is -0.118. The van der Waals surface area contributed by atoms with Gasteiger partial charge in [0.25, 0.3) is 0 Å². The van der Waals surface area contributed by atoms with Gasteiger partial charge in [0.15, 0.2) is 0 Å². The van der Waals surface area contributed by atoms with Gasteiger partial charge < -0.3 is 21.3 Å². The van der Waals surface area contributed by atoms with E-state index in [4.69, 9.17) is 5.73 Å². The molecule has 0 bridgehead atoms. The SMILES string of the molecule is CC(CC(N)=O)NC(C)c1c(O)cccc1O. The lowest BCUT2D eigenvalue weighted by Crippen LogP contribution is -2.32. The van der Waals surface area contributed by atoms with Crippen LogP contribution >= 0.6 is 0 Å². The van der Waals surface area contributed by atoms with Crippen molar-refractivity contribution in [1.82, 2.24) is 5.32 Å². The molecule has 5 N–H and O–H groups in total. The number of amides is 1. The van der Waals surface area contributed by atoms with Gasteiger partial charge in [0.05, 0.1) is 5.56 Å². The fourth-order valence-electron chi connectivity index (χ4n) is 1.86. The molecular formula is C12H18N2O3. The van der Waals surface area contributed by atoms with Crippen LogP contribution in [0.4, 0.5) is 0 Å². The van der Waals surface area contributed by atoms with E-state index >= 15 is 0 Å². The minimum atomic E-state index is -0.390. The van der Waals surface area contributed by atoms with Gasteiger partial charge in [-0.2, -0.15) is 0 Å². The molecule has 2 unspecified atom stereocenters. The number of primary amides is 1. The maximum atomic E-state index is 10.7. The number of phenolic OH excluding ortho intramolecular Hbond substituents is 2. The maximum Gasteiger partial charge on any atom is 0.218 e. The summed E-state index contributed by atoms with van der Waals surface area (Å²) in [6.07, 6.45) is 0.207. The van der Waals surface area contributed by atoms with Crippen molar-refractivity contribution in [1.29, 1.82) is 0 Å². The monoisotopic (exact) mass is 238 g/mol. The molecule has 0 saturated carbocycles. The Hall–Kier alpha value is -1.75. The normalized spacial score (nSPS) is 14.2. The topological polar surface area (TPSA) is 95.6 Å². The van der Waals surface area contributed by atoms with Gasteiger partial charge in [-0.1, -0.05) is 6.07 Å². The molecular weight excluding hydrogens is 220 g/mol. The van der Waals surface area contributed by atoms with Crippen molar-refractivity contribution in [2.45, 2.75) is 32.4 Å². The second-order valence-corrected chi connectivity index (χ2v) is 4.17. The fourth-order valence-corrected chi connectivity index (χ4v) is 1.86. The number of phenols is 2. The van der Waals surface area contributed by atoms with Crippen molar-refractivity contribution in [3.05, 3.63) is 23.8 Å². The third-order valence-corrected chi connectivity index (χ3v) is 2.53. The van der Waals surface area contributed by atoms with Gasteiger partial charge >= 0.3 is 0 Å². The third kappa shape index (κ3) is 3.64. The minimum absolute atomic E-state index is 0.0243. The van der Waals surface area contributed by atoms with Gasteiger partial charge in [-0.15, -0.1) is 0 Å². The van der Waals surface area contributed by atoms with E-state index < -0.39 is 5.91 Å². The predicted octanol–water partition coefficient (Wildman–Crippen LogP) is 1.01. The second kappa shape index (κ2) is 5.54. The third-order valence-electron chi connectivity index (χ3n) is 2.53. The molecule has 0 radical (unpaired) electrons. The van der Waals surface area contributed by atoms with E-state index in [2.05, 4.69) is 5.32 Å². The van der Waals surface area contributed by atoms with E-state index in [0.717, 1.165) is 0 Å². The first kappa shape index (κ1) is 13.3. The Bertz CT molecular complexity index is 386. The van der Waals surface area contributed by atoms with Crippen molar-refractivity contribution in [2.75, 3.05) is 0 Å². The zero-order valence-corrected chi connectivity index (χ0v) is 9.97. The second-order valence-electron chi connectivity index (χ2n) is 4.17. The molecule has 5 nitrogen and oxygen atoms in total. The first-order valence-corrected chi connectivity index (χ1v) is 5.47. The molecule has 1 aromatic rings. The molecule has 0 saturated heterocycles. The van der Waals surface area contributed by atoms with Gasteiger partial charge in [0.2, 0.25) is 5.91 Å². The molecule has 5 heteroatoms. The standard InChI is InChI=1S/C12H18N2O3/c1-7(6-11(13)17)14-8(2)12-9(15)4-3-5-10(12)16/h3-5,7-8,14-16H,6H2,1-2H3,(H2,13,17). The van der Waals surface area contributed by atoms with Crippen molar-refractivity contribution in [3.8, 4) is 11.5 Å². The van der Waals surface area contributed by atoms with Gasteiger partial charge in [-0.05, 0) is 26.0 Å². The largest absolute Gasteiger partial charge is 0.507 e. The molecule has 1 aromatic carbocycles. The van der Waals surface area contributed by atoms with Crippen LogP contribution in [0.15, 0.2) is 18.2 Å². The van der Waals surface area contributed by atoms with Crippen LogP contribution in [-0.4, -0.2) is 22.2 Å². The van der Waals surface area contributed by atoms with Crippen LogP contribution < -0.4 is 11.1 Å². The molecule has 0 aliphatic rings. The molecule has 1 rings (SSSR count). The lowest BCUT2D eigenvalue weighted by atomic mass is 10.0. The van der Waals surface area contributed by atoms with Crippen molar-refractivity contribution in [3.63, 3.8) is 0 Å². The number of hydrogen-bond donors (Lipinski definition) is 4. The molecule has 0 aliphatic carbocycles. The molecule has 1 amide bonds. The summed E-state index contributed by atoms with van der Waals surface area (Å²) in [6, 6.07) is 4.18. The number of aromatic hydroxyl groups is 2.